The highest BCUT2D eigenvalue weighted by Gasteiger charge is 2.20. The number of nitrogens with zero attached hydrogens (tertiary/aromatic N) is 2. The maximum atomic E-state index is 12.7. The largest absolute Gasteiger partial charge is 0.342 e. The molecule has 1 atom stereocenters. The molecule has 3 nitrogen and oxygen atoms in total. The van der Waals surface area contributed by atoms with Crippen LogP contribution in [-0.2, 0) is 4.79 Å². The first kappa shape index (κ1) is 18.5. The Bertz CT molecular complexity index is 891. The summed E-state index contributed by atoms with van der Waals surface area (Å²) in [5.74, 6) is 0.183. The molecule has 0 aliphatic carbocycles. The van der Waals surface area contributed by atoms with Gasteiger partial charge in [-0.2, -0.15) is 0 Å². The summed E-state index contributed by atoms with van der Waals surface area (Å²) >= 11 is 1.62. The Labute approximate surface area is 159 Å². The van der Waals surface area contributed by atoms with Crippen LogP contribution in [0.1, 0.15) is 20.8 Å². The number of amides is 1. The summed E-state index contributed by atoms with van der Waals surface area (Å²) in [6.45, 7) is 7.52. The van der Waals surface area contributed by atoms with Gasteiger partial charge in [0.2, 0.25) is 5.91 Å². The van der Waals surface area contributed by atoms with Crippen molar-refractivity contribution in [2.45, 2.75) is 30.9 Å². The molecule has 0 aliphatic rings. The highest BCUT2D eigenvalue weighted by Crippen LogP contribution is 2.34. The quantitative estimate of drug-likeness (QED) is 0.560. The molecule has 1 unspecified atom stereocenters. The molecule has 26 heavy (non-hydrogen) atoms. The van der Waals surface area contributed by atoms with Gasteiger partial charge in [0.05, 0.1) is 16.5 Å². The van der Waals surface area contributed by atoms with Crippen molar-refractivity contribution in [3.8, 4) is 11.3 Å². The average Bonchev–Trinajstić information content (AvgIpc) is 2.69. The van der Waals surface area contributed by atoms with Crippen molar-refractivity contribution in [1.29, 1.82) is 0 Å². The Hall–Kier alpha value is -2.33. The van der Waals surface area contributed by atoms with Crippen LogP contribution >= 0.6 is 11.8 Å². The number of benzene rings is 2. The lowest BCUT2D eigenvalue weighted by atomic mass is 10.1. The monoisotopic (exact) mass is 364 g/mol. The molecule has 0 N–H and O–H groups in total. The molecule has 3 rings (SSSR count). The van der Waals surface area contributed by atoms with E-state index >= 15 is 0 Å². The maximum absolute atomic E-state index is 12.7. The first-order valence-corrected chi connectivity index (χ1v) is 9.92. The van der Waals surface area contributed by atoms with Gasteiger partial charge in [0.1, 0.15) is 0 Å². The fourth-order valence-electron chi connectivity index (χ4n) is 3.03. The molecule has 0 radical (unpaired) electrons. The molecule has 3 aromatic rings. The summed E-state index contributed by atoms with van der Waals surface area (Å²) in [4.78, 5) is 20.5. The smallest absolute Gasteiger partial charge is 0.235 e. The number of carbonyl (C=O) groups excluding carboxylic acids is 1. The Balaban J connectivity index is 2.00. The molecule has 0 saturated carbocycles. The standard InChI is InChI=1S/C22H24N2OS/c1-4-24(5-2)22(25)16(3)26-21-15-20(17-11-7-6-8-12-17)23-19-14-10-9-13-18(19)21/h6-16H,4-5H2,1-3H3. The van der Waals surface area contributed by atoms with Crippen LogP contribution in [0.2, 0.25) is 0 Å². The Kier molecular flexibility index (Phi) is 5.94. The van der Waals surface area contributed by atoms with Gasteiger partial charge in [-0.25, -0.2) is 4.98 Å². The fourth-order valence-corrected chi connectivity index (χ4v) is 4.14. The lowest BCUT2D eigenvalue weighted by molar-refractivity contribution is -0.129. The summed E-state index contributed by atoms with van der Waals surface area (Å²) in [6, 6.07) is 20.4. The predicted octanol–water partition coefficient (Wildman–Crippen LogP) is 5.25. The summed E-state index contributed by atoms with van der Waals surface area (Å²) in [6.07, 6.45) is 0. The van der Waals surface area contributed by atoms with E-state index in [0.29, 0.717) is 0 Å². The molecule has 1 heterocycles. The zero-order valence-electron chi connectivity index (χ0n) is 15.5. The number of thioether (sulfide) groups is 1. The van der Waals surface area contributed by atoms with Crippen LogP contribution in [0.5, 0.6) is 0 Å². The second-order valence-electron chi connectivity index (χ2n) is 6.16. The van der Waals surface area contributed by atoms with Crippen molar-refractivity contribution in [3.63, 3.8) is 0 Å². The van der Waals surface area contributed by atoms with Crippen molar-refractivity contribution in [2.24, 2.45) is 0 Å². The van der Waals surface area contributed by atoms with Crippen LogP contribution in [0.25, 0.3) is 22.2 Å². The Morgan fingerprint density at radius 1 is 1.04 bits per heavy atom. The first-order valence-electron chi connectivity index (χ1n) is 9.04. The van der Waals surface area contributed by atoms with E-state index in [9.17, 15) is 4.79 Å². The molecular formula is C22H24N2OS. The third-order valence-electron chi connectivity index (χ3n) is 4.47. The van der Waals surface area contributed by atoms with Crippen LogP contribution < -0.4 is 0 Å². The van der Waals surface area contributed by atoms with Crippen molar-refractivity contribution in [2.75, 3.05) is 13.1 Å². The zero-order valence-corrected chi connectivity index (χ0v) is 16.3. The van der Waals surface area contributed by atoms with Gasteiger partial charge in [0.25, 0.3) is 0 Å². The van der Waals surface area contributed by atoms with Crippen molar-refractivity contribution in [1.82, 2.24) is 9.88 Å². The minimum Gasteiger partial charge on any atom is -0.342 e. The number of rotatable bonds is 6. The minimum atomic E-state index is -0.135. The molecule has 0 bridgehead atoms. The van der Waals surface area contributed by atoms with Gasteiger partial charge in [-0.05, 0) is 32.9 Å². The topological polar surface area (TPSA) is 33.2 Å². The Morgan fingerprint density at radius 3 is 2.38 bits per heavy atom. The normalized spacial score (nSPS) is 12.1. The van der Waals surface area contributed by atoms with E-state index in [1.54, 1.807) is 11.8 Å². The fraction of sp³-hybridized carbons (Fsp3) is 0.273. The summed E-state index contributed by atoms with van der Waals surface area (Å²) < 4.78 is 0. The zero-order chi connectivity index (χ0) is 18.5. The summed E-state index contributed by atoms with van der Waals surface area (Å²) in [7, 11) is 0. The number of fused-ring (bicyclic) bond motifs is 1. The molecule has 0 fully saturated rings. The van der Waals surface area contributed by atoms with Crippen LogP contribution in [0.3, 0.4) is 0 Å². The van der Waals surface area contributed by atoms with Crippen molar-refractivity contribution < 1.29 is 4.79 Å². The van der Waals surface area contributed by atoms with Crippen molar-refractivity contribution in [3.05, 3.63) is 60.7 Å². The number of carbonyl (C=O) groups is 1. The van der Waals surface area contributed by atoms with Gasteiger partial charge < -0.3 is 4.90 Å². The summed E-state index contributed by atoms with van der Waals surface area (Å²) in [5.41, 5.74) is 2.98. The van der Waals surface area contributed by atoms with Gasteiger partial charge in [0.15, 0.2) is 0 Å². The highest BCUT2D eigenvalue weighted by atomic mass is 32.2. The van der Waals surface area contributed by atoms with Gasteiger partial charge in [-0.3, -0.25) is 4.79 Å². The summed E-state index contributed by atoms with van der Waals surface area (Å²) in [5, 5.41) is 0.959. The molecule has 2 aromatic carbocycles. The van der Waals surface area contributed by atoms with E-state index in [4.69, 9.17) is 4.98 Å². The van der Waals surface area contributed by atoms with Crippen LogP contribution in [0, 0.1) is 0 Å². The SMILES string of the molecule is CCN(CC)C(=O)C(C)Sc1cc(-c2ccccc2)nc2ccccc12. The molecule has 134 valence electrons. The second-order valence-corrected chi connectivity index (χ2v) is 7.54. The van der Waals surface area contributed by atoms with Gasteiger partial charge in [-0.1, -0.05) is 48.5 Å². The number of hydrogen-bond acceptors (Lipinski definition) is 3. The van der Waals surface area contributed by atoms with Gasteiger partial charge in [-0.15, -0.1) is 11.8 Å². The molecule has 0 aliphatic heterocycles. The maximum Gasteiger partial charge on any atom is 0.235 e. The lowest BCUT2D eigenvalue weighted by Gasteiger charge is -2.23. The highest BCUT2D eigenvalue weighted by molar-refractivity contribution is 8.00. The van der Waals surface area contributed by atoms with E-state index in [-0.39, 0.29) is 11.2 Å². The number of hydrogen-bond donors (Lipinski definition) is 0. The van der Waals surface area contributed by atoms with Crippen LogP contribution in [0.15, 0.2) is 65.6 Å². The van der Waals surface area contributed by atoms with E-state index in [1.165, 1.54) is 0 Å². The number of para-hydroxylation sites is 1. The first-order chi connectivity index (χ1) is 12.6. The molecular weight excluding hydrogens is 340 g/mol. The molecule has 0 saturated heterocycles. The number of aromatic nitrogens is 1. The third kappa shape index (κ3) is 3.91. The average molecular weight is 365 g/mol. The van der Waals surface area contributed by atoms with Gasteiger partial charge >= 0.3 is 0 Å². The molecule has 4 heteroatoms. The van der Waals surface area contributed by atoms with E-state index in [0.717, 1.165) is 40.1 Å². The molecule has 1 aromatic heterocycles. The third-order valence-corrected chi connectivity index (χ3v) is 5.62. The van der Waals surface area contributed by atoms with Crippen LogP contribution in [-0.4, -0.2) is 34.1 Å². The minimum absolute atomic E-state index is 0.135. The van der Waals surface area contributed by atoms with E-state index in [1.807, 2.05) is 62.1 Å². The van der Waals surface area contributed by atoms with Crippen molar-refractivity contribution >= 4 is 28.6 Å². The second kappa shape index (κ2) is 8.37. The number of pyridine rings is 1. The van der Waals surface area contributed by atoms with Crippen LogP contribution in [0.4, 0.5) is 0 Å². The van der Waals surface area contributed by atoms with E-state index in [2.05, 4.69) is 24.3 Å². The molecule has 1 amide bonds. The van der Waals surface area contributed by atoms with Gasteiger partial charge in [0, 0.05) is 28.9 Å². The predicted molar refractivity (Wildman–Crippen MR) is 110 cm³/mol. The molecule has 0 spiro atoms. The van der Waals surface area contributed by atoms with E-state index < -0.39 is 0 Å². The Morgan fingerprint density at radius 2 is 1.69 bits per heavy atom. The lowest BCUT2D eigenvalue weighted by Crippen LogP contribution is -2.36.